The SMILES string of the molecule is CCOC(C)C(O)Cc1nc2ccccc2n1C. The lowest BCUT2D eigenvalue weighted by Crippen LogP contribution is -2.29. The molecule has 2 unspecified atom stereocenters. The number of imidazole rings is 1. The number of aliphatic hydroxyl groups is 1. The van der Waals surface area contributed by atoms with Gasteiger partial charge < -0.3 is 14.4 Å². The molecule has 0 spiro atoms. The number of fused-ring (bicyclic) bond motifs is 1. The van der Waals surface area contributed by atoms with Crippen molar-refractivity contribution in [2.75, 3.05) is 6.61 Å². The van der Waals surface area contributed by atoms with E-state index >= 15 is 0 Å². The molecule has 0 aliphatic carbocycles. The van der Waals surface area contributed by atoms with Crippen molar-refractivity contribution in [2.24, 2.45) is 7.05 Å². The topological polar surface area (TPSA) is 47.3 Å². The predicted molar refractivity (Wildman–Crippen MR) is 71.5 cm³/mol. The van der Waals surface area contributed by atoms with Crippen LogP contribution in [0.4, 0.5) is 0 Å². The summed E-state index contributed by atoms with van der Waals surface area (Å²) in [5.74, 6) is 0.884. The van der Waals surface area contributed by atoms with E-state index in [9.17, 15) is 5.11 Å². The maximum atomic E-state index is 10.1. The molecule has 2 aromatic rings. The molecule has 1 aromatic carbocycles. The molecular formula is C14H20N2O2. The average molecular weight is 248 g/mol. The van der Waals surface area contributed by atoms with Gasteiger partial charge in [0.1, 0.15) is 5.82 Å². The Kier molecular flexibility index (Phi) is 3.99. The third kappa shape index (κ3) is 2.54. The van der Waals surface area contributed by atoms with E-state index in [-0.39, 0.29) is 6.10 Å². The second-order valence-electron chi connectivity index (χ2n) is 4.51. The van der Waals surface area contributed by atoms with Crippen molar-refractivity contribution in [3.05, 3.63) is 30.1 Å². The number of hydrogen-bond donors (Lipinski definition) is 1. The minimum atomic E-state index is -0.527. The lowest BCUT2D eigenvalue weighted by molar-refractivity contribution is -0.0217. The van der Waals surface area contributed by atoms with Crippen LogP contribution in [0.3, 0.4) is 0 Å². The molecule has 4 nitrogen and oxygen atoms in total. The summed E-state index contributed by atoms with van der Waals surface area (Å²) in [5, 5.41) is 10.1. The molecule has 2 rings (SSSR count). The first-order chi connectivity index (χ1) is 8.63. The zero-order valence-corrected chi connectivity index (χ0v) is 11.1. The van der Waals surface area contributed by atoms with Gasteiger partial charge in [0, 0.05) is 20.1 Å². The Bertz CT molecular complexity index is 521. The highest BCUT2D eigenvalue weighted by molar-refractivity contribution is 5.75. The highest BCUT2D eigenvalue weighted by Gasteiger charge is 2.18. The quantitative estimate of drug-likeness (QED) is 0.879. The van der Waals surface area contributed by atoms with Gasteiger partial charge in [-0.1, -0.05) is 12.1 Å². The Morgan fingerprint density at radius 3 is 2.78 bits per heavy atom. The van der Waals surface area contributed by atoms with E-state index < -0.39 is 6.10 Å². The molecule has 0 amide bonds. The van der Waals surface area contributed by atoms with Gasteiger partial charge in [0.2, 0.25) is 0 Å². The number of nitrogens with zero attached hydrogens (tertiary/aromatic N) is 2. The lowest BCUT2D eigenvalue weighted by Gasteiger charge is -2.18. The number of aromatic nitrogens is 2. The summed E-state index contributed by atoms with van der Waals surface area (Å²) in [6.45, 7) is 4.43. The first-order valence-corrected chi connectivity index (χ1v) is 6.33. The molecule has 98 valence electrons. The zero-order chi connectivity index (χ0) is 13.1. The summed E-state index contributed by atoms with van der Waals surface area (Å²) >= 11 is 0. The van der Waals surface area contributed by atoms with E-state index in [1.807, 2.05) is 49.7 Å². The van der Waals surface area contributed by atoms with Crippen LogP contribution in [-0.4, -0.2) is 33.5 Å². The molecule has 2 atom stereocenters. The number of hydrogen-bond acceptors (Lipinski definition) is 3. The van der Waals surface area contributed by atoms with Crippen LogP contribution in [0.1, 0.15) is 19.7 Å². The van der Waals surface area contributed by atoms with Crippen LogP contribution in [0, 0.1) is 0 Å². The number of benzene rings is 1. The van der Waals surface area contributed by atoms with Gasteiger partial charge in [-0.05, 0) is 26.0 Å². The van der Waals surface area contributed by atoms with Gasteiger partial charge in [0.15, 0.2) is 0 Å². The molecule has 1 N–H and O–H groups in total. The number of ether oxygens (including phenoxy) is 1. The highest BCUT2D eigenvalue weighted by Crippen LogP contribution is 2.16. The second kappa shape index (κ2) is 5.50. The van der Waals surface area contributed by atoms with E-state index in [2.05, 4.69) is 4.98 Å². The van der Waals surface area contributed by atoms with Crippen molar-refractivity contribution < 1.29 is 9.84 Å². The Hall–Kier alpha value is -1.39. The van der Waals surface area contributed by atoms with Gasteiger partial charge >= 0.3 is 0 Å². The summed E-state index contributed by atoms with van der Waals surface area (Å²) < 4.78 is 7.43. The zero-order valence-electron chi connectivity index (χ0n) is 11.1. The smallest absolute Gasteiger partial charge is 0.112 e. The van der Waals surface area contributed by atoms with Gasteiger partial charge in [0.05, 0.1) is 23.2 Å². The summed E-state index contributed by atoms with van der Waals surface area (Å²) in [5.41, 5.74) is 2.05. The van der Waals surface area contributed by atoms with Crippen molar-refractivity contribution in [2.45, 2.75) is 32.5 Å². The largest absolute Gasteiger partial charge is 0.390 e. The molecule has 0 fully saturated rings. The van der Waals surface area contributed by atoms with E-state index in [0.29, 0.717) is 13.0 Å². The third-order valence-corrected chi connectivity index (χ3v) is 3.24. The van der Waals surface area contributed by atoms with Crippen LogP contribution in [0.15, 0.2) is 24.3 Å². The maximum Gasteiger partial charge on any atom is 0.112 e. The van der Waals surface area contributed by atoms with Crippen LogP contribution in [-0.2, 0) is 18.2 Å². The van der Waals surface area contributed by atoms with E-state index in [1.54, 1.807) is 0 Å². The number of aryl methyl sites for hydroxylation is 1. The normalized spacial score (nSPS) is 14.9. The van der Waals surface area contributed by atoms with Crippen LogP contribution in [0.2, 0.25) is 0 Å². The van der Waals surface area contributed by atoms with E-state index in [1.165, 1.54) is 0 Å². The van der Waals surface area contributed by atoms with Crippen molar-refractivity contribution in [3.63, 3.8) is 0 Å². The second-order valence-corrected chi connectivity index (χ2v) is 4.51. The molecule has 1 aromatic heterocycles. The lowest BCUT2D eigenvalue weighted by atomic mass is 10.1. The summed E-state index contributed by atoms with van der Waals surface area (Å²) in [7, 11) is 1.97. The molecular weight excluding hydrogens is 228 g/mol. The number of para-hydroxylation sites is 2. The molecule has 0 bridgehead atoms. The molecule has 18 heavy (non-hydrogen) atoms. The van der Waals surface area contributed by atoms with Gasteiger partial charge in [-0.15, -0.1) is 0 Å². The summed E-state index contributed by atoms with van der Waals surface area (Å²) in [6.07, 6.45) is -0.193. The van der Waals surface area contributed by atoms with Gasteiger partial charge in [-0.25, -0.2) is 4.98 Å². The highest BCUT2D eigenvalue weighted by atomic mass is 16.5. The van der Waals surface area contributed by atoms with Crippen LogP contribution in [0.5, 0.6) is 0 Å². The Balaban J connectivity index is 2.19. The van der Waals surface area contributed by atoms with Gasteiger partial charge in [-0.3, -0.25) is 0 Å². The monoisotopic (exact) mass is 248 g/mol. The minimum absolute atomic E-state index is 0.171. The Morgan fingerprint density at radius 1 is 1.39 bits per heavy atom. The number of aliphatic hydroxyl groups excluding tert-OH is 1. The fourth-order valence-electron chi connectivity index (χ4n) is 2.10. The van der Waals surface area contributed by atoms with Crippen molar-refractivity contribution in [1.29, 1.82) is 0 Å². The van der Waals surface area contributed by atoms with Gasteiger partial charge in [-0.2, -0.15) is 0 Å². The predicted octanol–water partition coefficient (Wildman–Crippen LogP) is 1.90. The van der Waals surface area contributed by atoms with Crippen molar-refractivity contribution in [1.82, 2.24) is 9.55 Å². The first kappa shape index (κ1) is 13.1. The summed E-state index contributed by atoms with van der Waals surface area (Å²) in [4.78, 5) is 4.54. The molecule has 4 heteroatoms. The Morgan fingerprint density at radius 2 is 2.11 bits per heavy atom. The molecule has 0 saturated heterocycles. The van der Waals surface area contributed by atoms with Crippen LogP contribution >= 0.6 is 0 Å². The van der Waals surface area contributed by atoms with E-state index in [0.717, 1.165) is 16.9 Å². The third-order valence-electron chi connectivity index (χ3n) is 3.24. The fourth-order valence-corrected chi connectivity index (χ4v) is 2.10. The molecule has 1 heterocycles. The molecule has 0 aliphatic rings. The van der Waals surface area contributed by atoms with Crippen LogP contribution < -0.4 is 0 Å². The average Bonchev–Trinajstić information content (AvgIpc) is 2.67. The van der Waals surface area contributed by atoms with Crippen molar-refractivity contribution in [3.8, 4) is 0 Å². The molecule has 0 radical (unpaired) electrons. The molecule has 0 saturated carbocycles. The van der Waals surface area contributed by atoms with Crippen molar-refractivity contribution >= 4 is 11.0 Å². The fraction of sp³-hybridized carbons (Fsp3) is 0.500. The minimum Gasteiger partial charge on any atom is -0.390 e. The first-order valence-electron chi connectivity index (χ1n) is 6.33. The summed E-state index contributed by atoms with van der Waals surface area (Å²) in [6, 6.07) is 7.98. The standard InChI is InChI=1S/C14H20N2O2/c1-4-18-10(2)13(17)9-14-15-11-7-5-6-8-12(11)16(14)3/h5-8,10,13,17H,4,9H2,1-3H3. The van der Waals surface area contributed by atoms with E-state index in [4.69, 9.17) is 4.74 Å². The number of rotatable bonds is 5. The van der Waals surface area contributed by atoms with Crippen LogP contribution in [0.25, 0.3) is 11.0 Å². The van der Waals surface area contributed by atoms with Gasteiger partial charge in [0.25, 0.3) is 0 Å². The maximum absolute atomic E-state index is 10.1. The molecule has 0 aliphatic heterocycles. The Labute approximate surface area is 107 Å².